The summed E-state index contributed by atoms with van der Waals surface area (Å²) in [6, 6.07) is 9.81. The lowest BCUT2D eigenvalue weighted by atomic mass is 10.00. The maximum atomic E-state index is 13.0. The second-order valence-corrected chi connectivity index (χ2v) is 9.54. The van der Waals surface area contributed by atoms with E-state index in [1.54, 1.807) is 16.7 Å². The lowest BCUT2D eigenvalue weighted by molar-refractivity contribution is -0.120. The number of fused-ring (bicyclic) bond motifs is 1. The van der Waals surface area contributed by atoms with Crippen molar-refractivity contribution in [3.8, 4) is 11.3 Å². The monoisotopic (exact) mass is 504 g/mol. The first-order valence-electron chi connectivity index (χ1n) is 12.9. The Morgan fingerprint density at radius 2 is 1.95 bits per heavy atom. The van der Waals surface area contributed by atoms with Crippen molar-refractivity contribution >= 4 is 28.7 Å². The SMILES string of the molecule is CCN1CCCC1CNC(=O)Cc1ccc(-c2ccc3c(=O)c(C(=O)NC)c(N)n(CC)c3n2)c(C)c1. The zero-order chi connectivity index (χ0) is 26.7. The number of amides is 2. The van der Waals surface area contributed by atoms with Gasteiger partial charge >= 0.3 is 0 Å². The van der Waals surface area contributed by atoms with Crippen molar-refractivity contribution in [2.75, 3.05) is 32.4 Å². The van der Waals surface area contributed by atoms with Crippen LogP contribution in [0, 0.1) is 6.92 Å². The van der Waals surface area contributed by atoms with Gasteiger partial charge in [-0.15, -0.1) is 0 Å². The molecule has 1 aliphatic rings. The minimum atomic E-state index is -0.517. The number of hydrogen-bond donors (Lipinski definition) is 3. The second-order valence-electron chi connectivity index (χ2n) is 9.54. The Labute approximate surface area is 217 Å². The summed E-state index contributed by atoms with van der Waals surface area (Å²) in [5, 5.41) is 5.92. The van der Waals surface area contributed by atoms with Gasteiger partial charge in [-0.25, -0.2) is 4.98 Å². The van der Waals surface area contributed by atoms with Gasteiger partial charge in [-0.05, 0) is 63.0 Å². The number of carbonyl (C=O) groups excluding carboxylic acids is 2. The number of hydrogen-bond acceptors (Lipinski definition) is 6. The summed E-state index contributed by atoms with van der Waals surface area (Å²) in [6.07, 6.45) is 2.64. The molecule has 0 radical (unpaired) electrons. The fourth-order valence-electron chi connectivity index (χ4n) is 5.29. The van der Waals surface area contributed by atoms with Crippen LogP contribution in [0.15, 0.2) is 35.1 Å². The van der Waals surface area contributed by atoms with Crippen molar-refractivity contribution in [1.82, 2.24) is 25.1 Å². The molecule has 0 aliphatic carbocycles. The lowest BCUT2D eigenvalue weighted by Gasteiger charge is -2.22. The third-order valence-electron chi connectivity index (χ3n) is 7.29. The Bertz CT molecular complexity index is 1400. The number of benzene rings is 1. The molecule has 1 fully saturated rings. The van der Waals surface area contributed by atoms with Crippen molar-refractivity contribution in [2.24, 2.45) is 0 Å². The molecule has 1 unspecified atom stereocenters. The van der Waals surface area contributed by atoms with E-state index in [4.69, 9.17) is 10.7 Å². The van der Waals surface area contributed by atoms with Crippen LogP contribution in [0.5, 0.6) is 0 Å². The van der Waals surface area contributed by atoms with E-state index < -0.39 is 11.3 Å². The summed E-state index contributed by atoms with van der Waals surface area (Å²) < 4.78 is 1.68. The Morgan fingerprint density at radius 3 is 2.62 bits per heavy atom. The summed E-state index contributed by atoms with van der Waals surface area (Å²) in [4.78, 5) is 45.1. The van der Waals surface area contributed by atoms with E-state index in [9.17, 15) is 14.4 Å². The van der Waals surface area contributed by atoms with Crippen molar-refractivity contribution in [3.63, 3.8) is 0 Å². The number of anilines is 1. The number of aryl methyl sites for hydroxylation is 2. The van der Waals surface area contributed by atoms with Gasteiger partial charge in [-0.1, -0.05) is 25.1 Å². The normalized spacial score (nSPS) is 15.7. The lowest BCUT2D eigenvalue weighted by Crippen LogP contribution is -2.40. The maximum absolute atomic E-state index is 13.0. The summed E-state index contributed by atoms with van der Waals surface area (Å²) in [5.41, 5.74) is 9.66. The van der Waals surface area contributed by atoms with Crippen molar-refractivity contribution < 1.29 is 9.59 Å². The van der Waals surface area contributed by atoms with Crippen molar-refractivity contribution in [1.29, 1.82) is 0 Å². The Kier molecular flexibility index (Phi) is 7.92. The summed E-state index contributed by atoms with van der Waals surface area (Å²) in [7, 11) is 1.47. The quantitative estimate of drug-likeness (QED) is 0.433. The number of nitrogens with zero attached hydrogens (tertiary/aromatic N) is 3. The molecule has 4 N–H and O–H groups in total. The van der Waals surface area contributed by atoms with E-state index >= 15 is 0 Å². The van der Waals surface area contributed by atoms with Crippen molar-refractivity contribution in [2.45, 2.75) is 52.6 Å². The van der Waals surface area contributed by atoms with Gasteiger partial charge in [-0.2, -0.15) is 0 Å². The van der Waals surface area contributed by atoms with Gasteiger partial charge in [-0.3, -0.25) is 19.3 Å². The summed E-state index contributed by atoms with van der Waals surface area (Å²) in [6.45, 7) is 9.29. The molecule has 1 atom stereocenters. The molecule has 37 heavy (non-hydrogen) atoms. The molecule has 3 aromatic rings. The van der Waals surface area contributed by atoms with Gasteiger partial charge in [0.1, 0.15) is 17.0 Å². The topological polar surface area (TPSA) is 122 Å². The first-order chi connectivity index (χ1) is 17.8. The Hall–Kier alpha value is -3.72. The molecule has 2 aromatic heterocycles. The molecule has 9 nitrogen and oxygen atoms in total. The minimum Gasteiger partial charge on any atom is -0.384 e. The predicted molar refractivity (Wildman–Crippen MR) is 147 cm³/mol. The van der Waals surface area contributed by atoms with Gasteiger partial charge in [0, 0.05) is 31.7 Å². The minimum absolute atomic E-state index is 0.0216. The van der Waals surface area contributed by atoms with Crippen molar-refractivity contribution in [3.05, 3.63) is 57.2 Å². The zero-order valence-electron chi connectivity index (χ0n) is 22.1. The number of likely N-dealkylation sites (N-methyl/N-ethyl adjacent to an activating group) is 1. The molecule has 2 amide bonds. The number of rotatable bonds is 8. The first-order valence-corrected chi connectivity index (χ1v) is 12.9. The third kappa shape index (κ3) is 5.22. The Balaban J connectivity index is 1.57. The van der Waals surface area contributed by atoms with E-state index in [1.807, 2.05) is 32.0 Å². The number of nitrogens with one attached hydrogen (secondary N) is 2. The van der Waals surface area contributed by atoms with E-state index in [0.29, 0.717) is 42.3 Å². The largest absolute Gasteiger partial charge is 0.384 e. The predicted octanol–water partition coefficient (Wildman–Crippen LogP) is 2.48. The van der Waals surface area contributed by atoms with Crippen LogP contribution in [-0.2, 0) is 17.8 Å². The highest BCUT2D eigenvalue weighted by Crippen LogP contribution is 2.26. The highest BCUT2D eigenvalue weighted by Gasteiger charge is 2.23. The maximum Gasteiger partial charge on any atom is 0.258 e. The highest BCUT2D eigenvalue weighted by atomic mass is 16.2. The summed E-state index contributed by atoms with van der Waals surface area (Å²) in [5.74, 6) is -0.396. The van der Waals surface area contributed by atoms with E-state index in [-0.39, 0.29) is 17.3 Å². The molecule has 0 saturated carbocycles. The molecule has 1 saturated heterocycles. The van der Waals surface area contributed by atoms with Gasteiger partial charge < -0.3 is 20.9 Å². The van der Waals surface area contributed by atoms with Crippen LogP contribution < -0.4 is 21.8 Å². The van der Waals surface area contributed by atoms with Crippen LogP contribution >= 0.6 is 0 Å². The fraction of sp³-hybridized carbons (Fsp3) is 0.429. The van der Waals surface area contributed by atoms with Gasteiger partial charge in [0.2, 0.25) is 11.3 Å². The molecular formula is C28H36N6O3. The number of likely N-dealkylation sites (tertiary alicyclic amines) is 1. The molecule has 1 aromatic carbocycles. The average Bonchev–Trinajstić information content (AvgIpc) is 3.35. The average molecular weight is 505 g/mol. The van der Waals surface area contributed by atoms with E-state index in [1.165, 1.54) is 13.5 Å². The van der Waals surface area contributed by atoms with Gasteiger partial charge in [0.05, 0.1) is 17.5 Å². The molecule has 0 spiro atoms. The molecule has 196 valence electrons. The second kappa shape index (κ2) is 11.1. The summed E-state index contributed by atoms with van der Waals surface area (Å²) >= 11 is 0. The number of aromatic nitrogens is 2. The smallest absolute Gasteiger partial charge is 0.258 e. The molecule has 0 bridgehead atoms. The third-order valence-corrected chi connectivity index (χ3v) is 7.29. The highest BCUT2D eigenvalue weighted by molar-refractivity contribution is 6.01. The Morgan fingerprint density at radius 1 is 1.16 bits per heavy atom. The van der Waals surface area contributed by atoms with Crippen LogP contribution in [0.4, 0.5) is 5.82 Å². The first kappa shape index (κ1) is 26.3. The molecule has 4 rings (SSSR count). The van der Waals surface area contributed by atoms with Gasteiger partial charge in [0.15, 0.2) is 0 Å². The molecule has 9 heteroatoms. The zero-order valence-corrected chi connectivity index (χ0v) is 22.1. The van der Waals surface area contributed by atoms with Crippen LogP contribution in [0.2, 0.25) is 0 Å². The standard InChI is InChI=1S/C28H36N6O3/c1-5-33-13-7-8-19(33)16-31-23(35)15-18-9-10-20(17(3)14-18)22-12-11-21-25(36)24(28(37)30-4)26(29)34(6-2)27(21)32-22/h9-12,14,19H,5-8,13,15-16,29H2,1-4H3,(H,30,37)(H,31,35). The molecule has 1 aliphatic heterocycles. The van der Waals surface area contributed by atoms with E-state index in [2.05, 4.69) is 22.5 Å². The van der Waals surface area contributed by atoms with Crippen LogP contribution in [0.25, 0.3) is 22.3 Å². The molecule has 3 heterocycles. The number of pyridine rings is 2. The number of nitrogens with two attached hydrogens (primary N) is 1. The van der Waals surface area contributed by atoms with Gasteiger partial charge in [0.25, 0.3) is 5.91 Å². The number of carbonyl (C=O) groups is 2. The molecular weight excluding hydrogens is 468 g/mol. The van der Waals surface area contributed by atoms with Crippen LogP contribution in [0.1, 0.15) is 48.2 Å². The van der Waals surface area contributed by atoms with Crippen LogP contribution in [-0.4, -0.2) is 59.0 Å². The van der Waals surface area contributed by atoms with Crippen LogP contribution in [0.3, 0.4) is 0 Å². The fourth-order valence-corrected chi connectivity index (χ4v) is 5.29. The van der Waals surface area contributed by atoms with E-state index in [0.717, 1.165) is 36.2 Å². The number of nitrogen functional groups attached to an aromatic ring is 1.